The molecule has 1 nitrogen and oxygen atoms in total. The summed E-state index contributed by atoms with van der Waals surface area (Å²) in [7, 11) is 1.72. The molecule has 4 heteroatoms. The Bertz CT molecular complexity index is 466. The summed E-state index contributed by atoms with van der Waals surface area (Å²) in [4.78, 5) is 0. The minimum Gasteiger partial charge on any atom is -0.494 e. The lowest BCUT2D eigenvalue weighted by Gasteiger charge is -1.98. The Hall–Kier alpha value is 0.190. The van der Waals surface area contributed by atoms with Crippen LogP contribution in [0.4, 0.5) is 0 Å². The van der Waals surface area contributed by atoms with E-state index in [0.717, 1.165) is 11.1 Å². The quantitative estimate of drug-likeness (QED) is 0.552. The molecule has 2 aromatic rings. The van der Waals surface area contributed by atoms with Crippen molar-refractivity contribution in [2.75, 3.05) is 7.11 Å². The summed E-state index contributed by atoms with van der Waals surface area (Å²) in [6.45, 7) is 0. The maximum atomic E-state index is 5.36. The van der Waals surface area contributed by atoms with Crippen molar-refractivity contribution < 1.29 is 4.74 Å². The fourth-order valence-electron chi connectivity index (χ4n) is 1.36. The zero-order chi connectivity index (χ0) is 10.1. The molecular formula is C10H8BrIOS. The highest BCUT2D eigenvalue weighted by Crippen LogP contribution is 2.38. The van der Waals surface area contributed by atoms with Crippen LogP contribution in [0, 0.1) is 2.88 Å². The van der Waals surface area contributed by atoms with Gasteiger partial charge in [-0.2, -0.15) is 0 Å². The van der Waals surface area contributed by atoms with Crippen molar-refractivity contribution in [2.24, 2.45) is 0 Å². The SMILES string of the molecule is COc1c(I)sc2cc(CBr)ccc12. The van der Waals surface area contributed by atoms with Gasteiger partial charge in [0.05, 0.1) is 7.11 Å². The Morgan fingerprint density at radius 1 is 1.50 bits per heavy atom. The van der Waals surface area contributed by atoms with Gasteiger partial charge >= 0.3 is 0 Å². The number of thiophene rings is 1. The average molecular weight is 383 g/mol. The van der Waals surface area contributed by atoms with Crippen LogP contribution in [0.3, 0.4) is 0 Å². The molecular weight excluding hydrogens is 375 g/mol. The van der Waals surface area contributed by atoms with Gasteiger partial charge in [0.15, 0.2) is 5.75 Å². The first-order chi connectivity index (χ1) is 6.76. The first kappa shape index (κ1) is 10.7. The number of alkyl halides is 1. The Labute approximate surface area is 109 Å². The maximum absolute atomic E-state index is 5.36. The Morgan fingerprint density at radius 2 is 2.29 bits per heavy atom. The summed E-state index contributed by atoms with van der Waals surface area (Å²) in [5, 5.41) is 2.12. The zero-order valence-corrected chi connectivity index (χ0v) is 12.1. The van der Waals surface area contributed by atoms with Crippen molar-refractivity contribution in [3.63, 3.8) is 0 Å². The third-order valence-corrected chi connectivity index (χ3v) is 4.75. The Morgan fingerprint density at radius 3 is 2.93 bits per heavy atom. The molecule has 0 saturated carbocycles. The van der Waals surface area contributed by atoms with Gasteiger partial charge in [-0.1, -0.05) is 22.0 Å². The van der Waals surface area contributed by atoms with Crippen molar-refractivity contribution in [3.8, 4) is 5.75 Å². The fraction of sp³-hybridized carbons (Fsp3) is 0.200. The molecule has 14 heavy (non-hydrogen) atoms. The largest absolute Gasteiger partial charge is 0.494 e. The predicted molar refractivity (Wildman–Crippen MR) is 73.7 cm³/mol. The number of fused-ring (bicyclic) bond motifs is 1. The molecule has 0 bridgehead atoms. The first-order valence-electron chi connectivity index (χ1n) is 4.07. The van der Waals surface area contributed by atoms with Gasteiger partial charge in [0, 0.05) is 15.4 Å². The van der Waals surface area contributed by atoms with Gasteiger partial charge in [-0.05, 0) is 40.3 Å². The van der Waals surface area contributed by atoms with E-state index < -0.39 is 0 Å². The van der Waals surface area contributed by atoms with Gasteiger partial charge < -0.3 is 4.74 Å². The van der Waals surface area contributed by atoms with Gasteiger partial charge in [0.2, 0.25) is 0 Å². The number of rotatable bonds is 2. The summed E-state index contributed by atoms with van der Waals surface area (Å²) in [5.74, 6) is 1.01. The molecule has 2 rings (SSSR count). The standard InChI is InChI=1S/C10H8BrIOS/c1-13-9-7-3-2-6(5-11)4-8(7)14-10(9)12/h2-4H,5H2,1H3. The van der Waals surface area contributed by atoms with E-state index >= 15 is 0 Å². The zero-order valence-electron chi connectivity index (χ0n) is 7.51. The number of ether oxygens (including phenoxy) is 1. The van der Waals surface area contributed by atoms with E-state index in [-0.39, 0.29) is 0 Å². The van der Waals surface area contributed by atoms with E-state index in [2.05, 4.69) is 56.7 Å². The van der Waals surface area contributed by atoms with Crippen molar-refractivity contribution in [1.29, 1.82) is 0 Å². The number of benzene rings is 1. The monoisotopic (exact) mass is 382 g/mol. The van der Waals surface area contributed by atoms with Crippen molar-refractivity contribution in [1.82, 2.24) is 0 Å². The van der Waals surface area contributed by atoms with Gasteiger partial charge in [0.1, 0.15) is 2.88 Å². The molecule has 1 heterocycles. The van der Waals surface area contributed by atoms with E-state index in [9.17, 15) is 0 Å². The van der Waals surface area contributed by atoms with Crippen LogP contribution in [0.2, 0.25) is 0 Å². The van der Waals surface area contributed by atoms with Crippen LogP contribution < -0.4 is 4.74 Å². The molecule has 0 N–H and O–H groups in total. The van der Waals surface area contributed by atoms with Gasteiger partial charge in [-0.15, -0.1) is 11.3 Å². The first-order valence-corrected chi connectivity index (χ1v) is 7.09. The lowest BCUT2D eigenvalue weighted by atomic mass is 10.2. The molecule has 0 fully saturated rings. The van der Waals surface area contributed by atoms with E-state index in [0.29, 0.717) is 0 Å². The maximum Gasteiger partial charge on any atom is 0.150 e. The minimum absolute atomic E-state index is 0.903. The van der Waals surface area contributed by atoms with Crippen LogP contribution in [-0.4, -0.2) is 7.11 Å². The summed E-state index contributed by atoms with van der Waals surface area (Å²) >= 11 is 7.55. The van der Waals surface area contributed by atoms with Crippen LogP contribution in [0.1, 0.15) is 5.56 Å². The van der Waals surface area contributed by atoms with Gasteiger partial charge in [0.25, 0.3) is 0 Å². The third kappa shape index (κ3) is 1.79. The van der Waals surface area contributed by atoms with Gasteiger partial charge in [-0.25, -0.2) is 0 Å². The highest BCUT2D eigenvalue weighted by Gasteiger charge is 2.10. The van der Waals surface area contributed by atoms with Crippen LogP contribution in [0.25, 0.3) is 10.1 Å². The average Bonchev–Trinajstić information content (AvgIpc) is 2.51. The summed E-state index contributed by atoms with van der Waals surface area (Å²) in [6.07, 6.45) is 0. The molecule has 0 aliphatic carbocycles. The van der Waals surface area contributed by atoms with Crippen LogP contribution >= 0.6 is 49.9 Å². The highest BCUT2D eigenvalue weighted by molar-refractivity contribution is 14.1. The summed E-state index contributed by atoms with van der Waals surface area (Å²) in [5.41, 5.74) is 1.30. The molecule has 0 spiro atoms. The topological polar surface area (TPSA) is 9.23 Å². The molecule has 74 valence electrons. The molecule has 0 saturated heterocycles. The summed E-state index contributed by atoms with van der Waals surface area (Å²) in [6, 6.07) is 6.46. The van der Waals surface area contributed by atoms with Crippen LogP contribution in [-0.2, 0) is 5.33 Å². The molecule has 0 aliphatic rings. The number of halogens is 2. The van der Waals surface area contributed by atoms with E-state index in [4.69, 9.17) is 4.74 Å². The van der Waals surface area contributed by atoms with Crippen LogP contribution in [0.5, 0.6) is 5.75 Å². The molecule has 0 amide bonds. The van der Waals surface area contributed by atoms with Gasteiger partial charge in [-0.3, -0.25) is 0 Å². The second-order valence-electron chi connectivity index (χ2n) is 2.87. The number of hydrogen-bond acceptors (Lipinski definition) is 2. The molecule has 1 aromatic heterocycles. The third-order valence-electron chi connectivity index (χ3n) is 2.03. The lowest BCUT2D eigenvalue weighted by Crippen LogP contribution is -1.82. The minimum atomic E-state index is 0.903. The Balaban J connectivity index is 2.68. The van der Waals surface area contributed by atoms with E-state index in [1.807, 2.05) is 0 Å². The summed E-state index contributed by atoms with van der Waals surface area (Å²) < 4.78 is 7.87. The number of methoxy groups -OCH3 is 1. The van der Waals surface area contributed by atoms with Crippen molar-refractivity contribution in [2.45, 2.75) is 5.33 Å². The molecule has 0 atom stereocenters. The number of hydrogen-bond donors (Lipinski definition) is 0. The van der Waals surface area contributed by atoms with E-state index in [1.54, 1.807) is 18.4 Å². The fourth-order valence-corrected chi connectivity index (χ4v) is 3.89. The molecule has 0 unspecified atom stereocenters. The van der Waals surface area contributed by atoms with Crippen molar-refractivity contribution >= 4 is 59.9 Å². The second-order valence-corrected chi connectivity index (χ2v) is 6.30. The predicted octanol–water partition coefficient (Wildman–Crippen LogP) is 4.41. The van der Waals surface area contributed by atoms with Crippen LogP contribution in [0.15, 0.2) is 18.2 Å². The lowest BCUT2D eigenvalue weighted by molar-refractivity contribution is 0.419. The Kier molecular flexibility index (Phi) is 3.34. The molecule has 0 aliphatic heterocycles. The molecule has 0 radical (unpaired) electrons. The second kappa shape index (κ2) is 4.37. The molecule has 1 aromatic carbocycles. The van der Waals surface area contributed by atoms with E-state index in [1.165, 1.54) is 18.5 Å². The highest BCUT2D eigenvalue weighted by atomic mass is 127. The van der Waals surface area contributed by atoms with Crippen molar-refractivity contribution in [3.05, 3.63) is 26.6 Å². The normalized spacial score (nSPS) is 10.8. The smallest absolute Gasteiger partial charge is 0.150 e.